The molecule has 0 fully saturated rings. The number of carbonyl (C=O) groups excluding carboxylic acids is 1. The summed E-state index contributed by atoms with van der Waals surface area (Å²) in [6.45, 7) is 1.39. The number of rotatable bonds is 6. The van der Waals surface area contributed by atoms with Crippen LogP contribution in [0.25, 0.3) is 0 Å². The predicted octanol–water partition coefficient (Wildman–Crippen LogP) is 4.62. The molecule has 0 radical (unpaired) electrons. The van der Waals surface area contributed by atoms with E-state index in [1.54, 1.807) is 48.5 Å². The van der Waals surface area contributed by atoms with Crippen LogP contribution < -0.4 is 9.62 Å². The summed E-state index contributed by atoms with van der Waals surface area (Å²) in [5, 5.41) is 2.95. The molecular weight excluding hydrogens is 415 g/mol. The number of para-hydroxylation sites is 1. The number of aryl methyl sites for hydroxylation is 1. The van der Waals surface area contributed by atoms with Crippen LogP contribution >= 0.6 is 11.6 Å². The van der Waals surface area contributed by atoms with Crippen molar-refractivity contribution in [3.05, 3.63) is 89.2 Å². The fourth-order valence-corrected chi connectivity index (χ4v) is 4.25. The van der Waals surface area contributed by atoms with Gasteiger partial charge < -0.3 is 5.32 Å². The maximum absolute atomic E-state index is 13.2. The molecule has 8 heteroatoms. The Morgan fingerprint density at radius 3 is 2.24 bits per heavy atom. The van der Waals surface area contributed by atoms with Crippen LogP contribution in [0.2, 0.25) is 5.02 Å². The van der Waals surface area contributed by atoms with Gasteiger partial charge in [-0.2, -0.15) is 0 Å². The van der Waals surface area contributed by atoms with E-state index in [0.717, 1.165) is 34.1 Å². The SMILES string of the molecule is Cc1ccc(N(CC(=O)Nc2ccccc2Cl)S(=O)(=O)c2ccc(F)cc2)cc1. The molecule has 29 heavy (non-hydrogen) atoms. The van der Waals surface area contributed by atoms with Gasteiger partial charge in [0.1, 0.15) is 12.4 Å². The van der Waals surface area contributed by atoms with Crippen molar-refractivity contribution in [1.29, 1.82) is 0 Å². The molecule has 0 aliphatic heterocycles. The lowest BCUT2D eigenvalue weighted by Crippen LogP contribution is -2.38. The number of anilines is 2. The third-order valence-corrected chi connectivity index (χ3v) is 6.28. The van der Waals surface area contributed by atoms with E-state index in [2.05, 4.69) is 5.32 Å². The Bertz CT molecular complexity index is 1120. The van der Waals surface area contributed by atoms with Crippen molar-refractivity contribution in [3.63, 3.8) is 0 Å². The van der Waals surface area contributed by atoms with Crippen LogP contribution in [-0.4, -0.2) is 20.9 Å². The number of nitrogens with zero attached hydrogens (tertiary/aromatic N) is 1. The average molecular weight is 433 g/mol. The second-order valence-electron chi connectivity index (χ2n) is 6.33. The highest BCUT2D eigenvalue weighted by Gasteiger charge is 2.27. The number of amides is 1. The molecule has 0 bridgehead atoms. The lowest BCUT2D eigenvalue weighted by Gasteiger charge is -2.24. The van der Waals surface area contributed by atoms with E-state index in [4.69, 9.17) is 11.6 Å². The van der Waals surface area contributed by atoms with Crippen LogP contribution in [0.3, 0.4) is 0 Å². The third-order valence-electron chi connectivity index (χ3n) is 4.16. The summed E-state index contributed by atoms with van der Waals surface area (Å²) >= 11 is 6.06. The first-order valence-electron chi connectivity index (χ1n) is 8.67. The van der Waals surface area contributed by atoms with Crippen molar-refractivity contribution in [1.82, 2.24) is 0 Å². The Balaban J connectivity index is 1.95. The summed E-state index contributed by atoms with van der Waals surface area (Å²) in [4.78, 5) is 12.5. The van der Waals surface area contributed by atoms with E-state index >= 15 is 0 Å². The van der Waals surface area contributed by atoms with E-state index < -0.39 is 28.3 Å². The van der Waals surface area contributed by atoms with Gasteiger partial charge in [0.2, 0.25) is 5.91 Å². The summed E-state index contributed by atoms with van der Waals surface area (Å²) in [5.74, 6) is -1.12. The number of nitrogens with one attached hydrogen (secondary N) is 1. The lowest BCUT2D eigenvalue weighted by atomic mass is 10.2. The smallest absolute Gasteiger partial charge is 0.264 e. The fraction of sp³-hybridized carbons (Fsp3) is 0.0952. The van der Waals surface area contributed by atoms with Gasteiger partial charge in [-0.05, 0) is 55.5 Å². The number of halogens is 2. The van der Waals surface area contributed by atoms with Gasteiger partial charge in [0.25, 0.3) is 10.0 Å². The molecule has 1 N–H and O–H groups in total. The van der Waals surface area contributed by atoms with Crippen molar-refractivity contribution in [2.24, 2.45) is 0 Å². The summed E-state index contributed by atoms with van der Waals surface area (Å²) in [7, 11) is -4.11. The molecule has 0 aliphatic rings. The van der Waals surface area contributed by atoms with Gasteiger partial charge in [-0.25, -0.2) is 12.8 Å². The van der Waals surface area contributed by atoms with Gasteiger partial charge in [-0.1, -0.05) is 41.4 Å². The number of benzene rings is 3. The zero-order chi connectivity index (χ0) is 21.0. The van der Waals surface area contributed by atoms with Gasteiger partial charge >= 0.3 is 0 Å². The number of carbonyl (C=O) groups is 1. The highest BCUT2D eigenvalue weighted by atomic mass is 35.5. The third kappa shape index (κ3) is 4.93. The summed E-state index contributed by atoms with van der Waals surface area (Å²) in [6.07, 6.45) is 0. The molecular formula is C21H18ClFN2O3S. The van der Waals surface area contributed by atoms with E-state index in [1.807, 2.05) is 6.92 Å². The molecule has 0 atom stereocenters. The highest BCUT2D eigenvalue weighted by Crippen LogP contribution is 2.25. The van der Waals surface area contributed by atoms with Crippen LogP contribution in [0.4, 0.5) is 15.8 Å². The zero-order valence-electron chi connectivity index (χ0n) is 15.5. The molecule has 0 spiro atoms. The molecule has 0 aliphatic carbocycles. The molecule has 0 saturated heterocycles. The Hall–Kier alpha value is -2.90. The Kier molecular flexibility index (Phi) is 6.20. The molecule has 0 heterocycles. The molecule has 5 nitrogen and oxygen atoms in total. The minimum absolute atomic E-state index is 0.120. The van der Waals surface area contributed by atoms with Gasteiger partial charge in [0.05, 0.1) is 21.3 Å². The van der Waals surface area contributed by atoms with Crippen molar-refractivity contribution >= 4 is 38.9 Å². The second kappa shape index (κ2) is 8.63. The van der Waals surface area contributed by atoms with Gasteiger partial charge in [-0.15, -0.1) is 0 Å². The van der Waals surface area contributed by atoms with Gasteiger partial charge in [0, 0.05) is 0 Å². The first-order chi connectivity index (χ1) is 13.8. The molecule has 0 aromatic heterocycles. The summed E-state index contributed by atoms with van der Waals surface area (Å²) in [6, 6.07) is 17.8. The van der Waals surface area contributed by atoms with Crippen molar-refractivity contribution < 1.29 is 17.6 Å². The van der Waals surface area contributed by atoms with Gasteiger partial charge in [0.15, 0.2) is 0 Å². The normalized spacial score (nSPS) is 11.1. The Morgan fingerprint density at radius 2 is 1.62 bits per heavy atom. The molecule has 3 aromatic carbocycles. The first kappa shape index (κ1) is 20.8. The van der Waals surface area contributed by atoms with E-state index in [1.165, 1.54) is 0 Å². The topological polar surface area (TPSA) is 66.5 Å². The van der Waals surface area contributed by atoms with E-state index in [-0.39, 0.29) is 4.90 Å². The monoisotopic (exact) mass is 432 g/mol. The lowest BCUT2D eigenvalue weighted by molar-refractivity contribution is -0.114. The van der Waals surface area contributed by atoms with E-state index in [9.17, 15) is 17.6 Å². The van der Waals surface area contributed by atoms with Crippen molar-refractivity contribution in [3.8, 4) is 0 Å². The quantitative estimate of drug-likeness (QED) is 0.618. The summed E-state index contributed by atoms with van der Waals surface area (Å²) < 4.78 is 40.6. The maximum Gasteiger partial charge on any atom is 0.264 e. The predicted molar refractivity (Wildman–Crippen MR) is 112 cm³/mol. The fourth-order valence-electron chi connectivity index (χ4n) is 2.64. The Morgan fingerprint density at radius 1 is 1.00 bits per heavy atom. The molecule has 3 aromatic rings. The van der Waals surface area contributed by atoms with Crippen LogP contribution in [0.5, 0.6) is 0 Å². The molecule has 0 unspecified atom stereocenters. The molecule has 3 rings (SSSR count). The first-order valence-corrected chi connectivity index (χ1v) is 10.5. The van der Waals surface area contributed by atoms with Crippen molar-refractivity contribution in [2.45, 2.75) is 11.8 Å². The minimum atomic E-state index is -4.11. The Labute approximate surface area is 173 Å². The van der Waals surface area contributed by atoms with Crippen LogP contribution in [0.15, 0.2) is 77.7 Å². The molecule has 150 valence electrons. The molecule has 0 saturated carbocycles. The van der Waals surface area contributed by atoms with Crippen LogP contribution in [0.1, 0.15) is 5.56 Å². The van der Waals surface area contributed by atoms with Crippen molar-refractivity contribution in [2.75, 3.05) is 16.2 Å². The standard InChI is InChI=1S/C21H18ClFN2O3S/c1-15-6-10-17(11-7-15)25(29(27,28)18-12-8-16(23)9-13-18)14-21(26)24-20-5-3-2-4-19(20)22/h2-13H,14H2,1H3,(H,24,26). The zero-order valence-corrected chi connectivity index (χ0v) is 17.0. The average Bonchev–Trinajstić information content (AvgIpc) is 2.69. The molecule has 1 amide bonds. The number of hydrogen-bond donors (Lipinski definition) is 1. The van der Waals surface area contributed by atoms with Gasteiger partial charge in [-0.3, -0.25) is 9.10 Å². The van der Waals surface area contributed by atoms with Crippen LogP contribution in [-0.2, 0) is 14.8 Å². The van der Waals surface area contributed by atoms with Crippen LogP contribution in [0, 0.1) is 12.7 Å². The second-order valence-corrected chi connectivity index (χ2v) is 8.60. The maximum atomic E-state index is 13.2. The number of hydrogen-bond acceptors (Lipinski definition) is 3. The largest absolute Gasteiger partial charge is 0.323 e. The number of sulfonamides is 1. The minimum Gasteiger partial charge on any atom is -0.323 e. The highest BCUT2D eigenvalue weighted by molar-refractivity contribution is 7.92. The summed E-state index contributed by atoms with van der Waals surface area (Å²) in [5.41, 5.74) is 1.63. The van der Waals surface area contributed by atoms with E-state index in [0.29, 0.717) is 16.4 Å².